The van der Waals surface area contributed by atoms with Crippen molar-refractivity contribution in [2.75, 3.05) is 13.7 Å². The predicted molar refractivity (Wildman–Crippen MR) is 65.3 cm³/mol. The molecule has 1 aromatic rings. The van der Waals surface area contributed by atoms with Crippen LogP contribution in [0.1, 0.15) is 5.56 Å². The fraction of sp³-hybridized carbons (Fsp3) is 0.308. The maximum atomic E-state index is 10.9. The van der Waals surface area contributed by atoms with Gasteiger partial charge in [0.05, 0.1) is 13.7 Å². The summed E-state index contributed by atoms with van der Waals surface area (Å²) in [5, 5.41) is 12.2. The molecule has 4 nitrogen and oxygen atoms in total. The Morgan fingerprint density at radius 1 is 1.47 bits per heavy atom. The number of esters is 1. The van der Waals surface area contributed by atoms with Gasteiger partial charge in [0.15, 0.2) is 0 Å². The highest BCUT2D eigenvalue weighted by Gasteiger charge is 2.03. The van der Waals surface area contributed by atoms with E-state index in [4.69, 9.17) is 5.11 Å². The van der Waals surface area contributed by atoms with Crippen LogP contribution in [-0.4, -0.2) is 30.8 Å². The molecule has 1 atom stereocenters. The zero-order valence-corrected chi connectivity index (χ0v) is 9.80. The number of carbonyl (C=O) groups is 1. The topological polar surface area (TPSA) is 58.6 Å². The molecule has 1 aromatic carbocycles. The van der Waals surface area contributed by atoms with Crippen LogP contribution in [0.4, 0.5) is 0 Å². The van der Waals surface area contributed by atoms with Gasteiger partial charge in [-0.25, -0.2) is 4.79 Å². The van der Waals surface area contributed by atoms with Gasteiger partial charge in [0, 0.05) is 18.7 Å². The first kappa shape index (κ1) is 13.4. The van der Waals surface area contributed by atoms with Crippen molar-refractivity contribution in [3.8, 4) is 0 Å². The molecule has 17 heavy (non-hydrogen) atoms. The summed E-state index contributed by atoms with van der Waals surface area (Å²) in [7, 11) is 1.32. The minimum Gasteiger partial charge on any atom is -0.466 e. The number of carbonyl (C=O) groups excluding carboxylic acids is 1. The van der Waals surface area contributed by atoms with Crippen molar-refractivity contribution in [3.63, 3.8) is 0 Å². The summed E-state index contributed by atoms with van der Waals surface area (Å²) in [6.07, 6.45) is 2.90. The van der Waals surface area contributed by atoms with E-state index in [0.29, 0.717) is 6.54 Å². The maximum Gasteiger partial charge on any atom is 0.330 e. The number of benzene rings is 1. The summed E-state index contributed by atoms with van der Waals surface area (Å²) in [6.45, 7) is 0.567. The van der Waals surface area contributed by atoms with Gasteiger partial charge in [-0.3, -0.25) is 0 Å². The second-order valence-corrected chi connectivity index (χ2v) is 3.54. The standard InChI is InChI=1S/C13H17NO3/c1-17-13(16)8-7-12(10-15)14-9-11-5-3-2-4-6-11/h2-8,12,14-15H,9-10H2,1H3/b8-7+. The van der Waals surface area contributed by atoms with Gasteiger partial charge < -0.3 is 15.2 Å². The Morgan fingerprint density at radius 3 is 2.76 bits per heavy atom. The molecule has 0 radical (unpaired) electrons. The molecule has 1 rings (SSSR count). The lowest BCUT2D eigenvalue weighted by Crippen LogP contribution is -2.30. The molecule has 2 N–H and O–H groups in total. The first-order valence-corrected chi connectivity index (χ1v) is 5.40. The van der Waals surface area contributed by atoms with Crippen LogP contribution >= 0.6 is 0 Å². The fourth-order valence-corrected chi connectivity index (χ4v) is 1.30. The van der Waals surface area contributed by atoms with Gasteiger partial charge in [-0.2, -0.15) is 0 Å². The van der Waals surface area contributed by atoms with E-state index in [-0.39, 0.29) is 12.6 Å². The average Bonchev–Trinajstić information content (AvgIpc) is 2.39. The Kier molecular flexibility index (Phi) is 5.99. The van der Waals surface area contributed by atoms with Crippen LogP contribution < -0.4 is 5.32 Å². The third-order valence-corrected chi connectivity index (χ3v) is 2.27. The molecule has 0 saturated heterocycles. The number of rotatable bonds is 6. The Hall–Kier alpha value is -1.65. The van der Waals surface area contributed by atoms with Gasteiger partial charge in [-0.15, -0.1) is 0 Å². The van der Waals surface area contributed by atoms with E-state index in [1.807, 2.05) is 30.3 Å². The van der Waals surface area contributed by atoms with Gasteiger partial charge in [0.25, 0.3) is 0 Å². The van der Waals surface area contributed by atoms with Crippen molar-refractivity contribution in [2.45, 2.75) is 12.6 Å². The lowest BCUT2D eigenvalue weighted by Gasteiger charge is -2.11. The number of nitrogens with one attached hydrogen (secondary N) is 1. The van der Waals surface area contributed by atoms with E-state index in [1.165, 1.54) is 13.2 Å². The Balaban J connectivity index is 2.42. The highest BCUT2D eigenvalue weighted by atomic mass is 16.5. The van der Waals surface area contributed by atoms with E-state index >= 15 is 0 Å². The minimum atomic E-state index is -0.426. The van der Waals surface area contributed by atoms with Gasteiger partial charge in [0.1, 0.15) is 0 Å². The lowest BCUT2D eigenvalue weighted by molar-refractivity contribution is -0.134. The van der Waals surface area contributed by atoms with Crippen LogP contribution in [-0.2, 0) is 16.1 Å². The van der Waals surface area contributed by atoms with Crippen LogP contribution in [0.15, 0.2) is 42.5 Å². The van der Waals surface area contributed by atoms with Crippen LogP contribution in [0.2, 0.25) is 0 Å². The van der Waals surface area contributed by atoms with Crippen molar-refractivity contribution >= 4 is 5.97 Å². The molecule has 1 unspecified atom stereocenters. The van der Waals surface area contributed by atoms with Crippen LogP contribution in [0.5, 0.6) is 0 Å². The summed E-state index contributed by atoms with van der Waals surface area (Å²) in [5.41, 5.74) is 1.12. The molecule has 0 fully saturated rings. The number of aliphatic hydroxyl groups is 1. The zero-order chi connectivity index (χ0) is 12.5. The van der Waals surface area contributed by atoms with E-state index in [9.17, 15) is 4.79 Å². The molecule has 4 heteroatoms. The number of aliphatic hydroxyl groups excluding tert-OH is 1. The molecule has 0 aliphatic rings. The highest BCUT2D eigenvalue weighted by Crippen LogP contribution is 1.98. The SMILES string of the molecule is COC(=O)/C=C/C(CO)NCc1ccccc1. The van der Waals surface area contributed by atoms with E-state index in [0.717, 1.165) is 5.56 Å². The maximum absolute atomic E-state index is 10.9. The third-order valence-electron chi connectivity index (χ3n) is 2.27. The van der Waals surface area contributed by atoms with Gasteiger partial charge in [-0.1, -0.05) is 36.4 Å². The van der Waals surface area contributed by atoms with Crippen LogP contribution in [0.3, 0.4) is 0 Å². The number of hydrogen-bond acceptors (Lipinski definition) is 4. The fourth-order valence-electron chi connectivity index (χ4n) is 1.30. The van der Waals surface area contributed by atoms with Gasteiger partial charge in [-0.05, 0) is 5.56 Å². The van der Waals surface area contributed by atoms with Gasteiger partial charge >= 0.3 is 5.97 Å². The van der Waals surface area contributed by atoms with Crippen molar-refractivity contribution in [3.05, 3.63) is 48.0 Å². The monoisotopic (exact) mass is 235 g/mol. The molecule has 0 bridgehead atoms. The van der Waals surface area contributed by atoms with Crippen LogP contribution in [0.25, 0.3) is 0 Å². The molecule has 0 amide bonds. The van der Waals surface area contributed by atoms with Crippen LogP contribution in [0, 0.1) is 0 Å². The first-order valence-electron chi connectivity index (χ1n) is 5.40. The molecular weight excluding hydrogens is 218 g/mol. The quantitative estimate of drug-likeness (QED) is 0.567. The van der Waals surface area contributed by atoms with Gasteiger partial charge in [0.2, 0.25) is 0 Å². The zero-order valence-electron chi connectivity index (χ0n) is 9.80. The first-order chi connectivity index (χ1) is 8.26. The summed E-state index contributed by atoms with van der Waals surface area (Å²) in [4.78, 5) is 10.9. The molecule has 0 aliphatic heterocycles. The van der Waals surface area contributed by atoms with E-state index in [1.54, 1.807) is 6.08 Å². The third kappa shape index (κ3) is 5.29. The van der Waals surface area contributed by atoms with E-state index < -0.39 is 5.97 Å². The second-order valence-electron chi connectivity index (χ2n) is 3.54. The Bertz CT molecular complexity index is 362. The average molecular weight is 235 g/mol. The number of ether oxygens (including phenoxy) is 1. The summed E-state index contributed by atoms with van der Waals surface area (Å²) >= 11 is 0. The lowest BCUT2D eigenvalue weighted by atomic mass is 10.2. The Labute approximate surface area is 101 Å². The summed E-state index contributed by atoms with van der Waals surface area (Å²) in [5.74, 6) is -0.426. The van der Waals surface area contributed by atoms with Crippen molar-refractivity contribution < 1.29 is 14.6 Å². The van der Waals surface area contributed by atoms with Crippen molar-refractivity contribution in [1.82, 2.24) is 5.32 Å². The molecular formula is C13H17NO3. The van der Waals surface area contributed by atoms with Crippen molar-refractivity contribution in [2.24, 2.45) is 0 Å². The number of hydrogen-bond donors (Lipinski definition) is 2. The highest BCUT2D eigenvalue weighted by molar-refractivity contribution is 5.81. The molecule has 0 heterocycles. The second kappa shape index (κ2) is 7.60. The summed E-state index contributed by atoms with van der Waals surface area (Å²) < 4.78 is 4.47. The molecule has 0 saturated carbocycles. The number of methoxy groups -OCH3 is 1. The summed E-state index contributed by atoms with van der Waals surface area (Å²) in [6, 6.07) is 9.58. The minimum absolute atomic E-state index is 0.0691. The normalized spacial score (nSPS) is 12.6. The smallest absolute Gasteiger partial charge is 0.330 e. The molecule has 0 spiro atoms. The van der Waals surface area contributed by atoms with Crippen molar-refractivity contribution in [1.29, 1.82) is 0 Å². The Morgan fingerprint density at radius 2 is 2.18 bits per heavy atom. The molecule has 0 aromatic heterocycles. The molecule has 0 aliphatic carbocycles. The largest absolute Gasteiger partial charge is 0.466 e. The predicted octanol–water partition coefficient (Wildman–Crippen LogP) is 0.866. The molecule has 92 valence electrons. The van der Waals surface area contributed by atoms with E-state index in [2.05, 4.69) is 10.1 Å².